The van der Waals surface area contributed by atoms with Gasteiger partial charge in [-0.05, 0) is 12.8 Å². The fourth-order valence-corrected chi connectivity index (χ4v) is 5.99. The number of unbranched alkanes of at least 4 members (excludes halogenated alkanes) is 19. The molecule has 0 unspecified atom stereocenters. The molecule has 0 radical (unpaired) electrons. The van der Waals surface area contributed by atoms with Crippen molar-refractivity contribution in [3.05, 3.63) is 0 Å². The van der Waals surface area contributed by atoms with Gasteiger partial charge in [0.25, 0.3) is 0 Å². The van der Waals surface area contributed by atoms with Crippen LogP contribution in [0.3, 0.4) is 0 Å². The Morgan fingerprint density at radius 1 is 0.241 bits per heavy atom. The second-order valence-electron chi connectivity index (χ2n) is 14.8. The van der Waals surface area contributed by atoms with E-state index in [1.54, 1.807) is 0 Å². The lowest BCUT2D eigenvalue weighted by Gasteiger charge is -2.09. The molecule has 0 aromatic rings. The lowest BCUT2D eigenvalue weighted by molar-refractivity contribution is -0.145. The first-order valence-corrected chi connectivity index (χ1v) is 23.7. The molecule has 0 amide bonds. The van der Waals surface area contributed by atoms with Gasteiger partial charge < -0.3 is 52.1 Å². The zero-order valence-electron chi connectivity index (χ0n) is 37.8. The third-order valence-corrected chi connectivity index (χ3v) is 9.47. The quantitative estimate of drug-likeness (QED) is 0.0429. The molecule has 0 bridgehead atoms. The molecule has 0 spiro atoms. The van der Waals surface area contributed by atoms with E-state index in [0.29, 0.717) is 139 Å². The molecule has 0 aromatic heterocycles. The third-order valence-electron chi connectivity index (χ3n) is 9.47. The van der Waals surface area contributed by atoms with Gasteiger partial charge in [0, 0.05) is 13.0 Å². The van der Waals surface area contributed by atoms with E-state index in [2.05, 4.69) is 13.8 Å². The summed E-state index contributed by atoms with van der Waals surface area (Å²) in [5.74, 6) is -0.129. The van der Waals surface area contributed by atoms with Gasteiger partial charge in [-0.1, -0.05) is 136 Å². The monoisotopic (exact) mass is 837 g/mol. The van der Waals surface area contributed by atoms with Crippen molar-refractivity contribution in [3.63, 3.8) is 0 Å². The van der Waals surface area contributed by atoms with E-state index >= 15 is 0 Å². The maximum Gasteiger partial charge on any atom is 0.305 e. The van der Waals surface area contributed by atoms with Crippen molar-refractivity contribution >= 4 is 5.97 Å². The van der Waals surface area contributed by atoms with Gasteiger partial charge in [-0.2, -0.15) is 0 Å². The molecule has 0 atom stereocenters. The van der Waals surface area contributed by atoms with Crippen LogP contribution < -0.4 is 0 Å². The molecule has 0 saturated heterocycles. The van der Waals surface area contributed by atoms with Crippen molar-refractivity contribution in [1.82, 2.24) is 0 Å². The number of carbonyl (C=O) groups is 1. The van der Waals surface area contributed by atoms with Gasteiger partial charge in [0.2, 0.25) is 0 Å². The van der Waals surface area contributed by atoms with Gasteiger partial charge in [-0.3, -0.25) is 4.79 Å². The van der Waals surface area contributed by atoms with E-state index < -0.39 is 0 Å². The summed E-state index contributed by atoms with van der Waals surface area (Å²) >= 11 is 0. The highest BCUT2D eigenvalue weighted by Crippen LogP contribution is 2.13. The first kappa shape index (κ1) is 57.1. The van der Waals surface area contributed by atoms with Crippen LogP contribution in [0.15, 0.2) is 0 Å². The topological polar surface area (TPSA) is 119 Å². The standard InChI is InChI=1S/C46H92O12/c1-3-5-7-9-11-13-14-15-16-17-18-20-22-24-46(47)58-45-44-57-43-42-56-41-40-55-39-38-54-37-36-53-35-34-52-33-32-51-31-30-50-29-28-49-27-26-48-25-23-21-19-12-10-8-6-4-2/h3-45H2,1-2H3. The Balaban J connectivity index is 3.12. The molecule has 0 rings (SSSR count). The Bertz CT molecular complexity index is 747. The molecule has 0 aromatic carbocycles. The van der Waals surface area contributed by atoms with Crippen molar-refractivity contribution < 1.29 is 56.9 Å². The molecule has 0 heterocycles. The van der Waals surface area contributed by atoms with Gasteiger partial charge >= 0.3 is 5.97 Å². The summed E-state index contributed by atoms with van der Waals surface area (Å²) in [4.78, 5) is 11.9. The van der Waals surface area contributed by atoms with Crippen LogP contribution in [0, 0.1) is 0 Å². The van der Waals surface area contributed by atoms with E-state index in [1.807, 2.05) is 0 Å². The van der Waals surface area contributed by atoms with Crippen LogP contribution in [0.1, 0.15) is 155 Å². The van der Waals surface area contributed by atoms with Crippen molar-refractivity contribution in [3.8, 4) is 0 Å². The Kier molecular flexibility index (Phi) is 53.2. The van der Waals surface area contributed by atoms with Crippen LogP contribution in [0.25, 0.3) is 0 Å². The average molecular weight is 837 g/mol. The minimum atomic E-state index is -0.129. The maximum atomic E-state index is 11.9. The van der Waals surface area contributed by atoms with E-state index in [-0.39, 0.29) is 5.97 Å². The lowest BCUT2D eigenvalue weighted by Crippen LogP contribution is -2.15. The van der Waals surface area contributed by atoms with Crippen molar-refractivity contribution in [2.24, 2.45) is 0 Å². The largest absolute Gasteiger partial charge is 0.463 e. The Hall–Kier alpha value is -0.930. The summed E-state index contributed by atoms with van der Waals surface area (Å²) in [6.07, 6.45) is 27.9. The SMILES string of the molecule is CCCCCCCCCCCCCCCC(=O)OCCOCCOCCOCCOCCOCCOCCOCCOCCOCCOCCCCCCCCCC. The number of hydrogen-bond acceptors (Lipinski definition) is 12. The van der Waals surface area contributed by atoms with Crippen LogP contribution in [0.2, 0.25) is 0 Å². The zero-order chi connectivity index (χ0) is 41.8. The summed E-state index contributed by atoms with van der Waals surface area (Å²) < 4.78 is 60.5. The highest BCUT2D eigenvalue weighted by molar-refractivity contribution is 5.69. The Morgan fingerprint density at radius 3 is 0.724 bits per heavy atom. The van der Waals surface area contributed by atoms with Gasteiger partial charge in [0.1, 0.15) is 6.61 Å². The van der Waals surface area contributed by atoms with Crippen molar-refractivity contribution in [2.75, 3.05) is 139 Å². The molecule has 12 nitrogen and oxygen atoms in total. The first-order chi connectivity index (χ1) is 28.8. The smallest absolute Gasteiger partial charge is 0.305 e. The summed E-state index contributed by atoms with van der Waals surface area (Å²) in [5, 5.41) is 0. The van der Waals surface area contributed by atoms with Gasteiger partial charge in [0.15, 0.2) is 0 Å². The Morgan fingerprint density at radius 2 is 0.448 bits per heavy atom. The van der Waals surface area contributed by atoms with Crippen LogP contribution >= 0.6 is 0 Å². The Labute approximate surface area is 356 Å². The summed E-state index contributed by atoms with van der Waals surface area (Å²) in [5.41, 5.74) is 0. The van der Waals surface area contributed by atoms with E-state index in [9.17, 15) is 4.79 Å². The minimum Gasteiger partial charge on any atom is -0.463 e. The normalized spacial score (nSPS) is 11.6. The van der Waals surface area contributed by atoms with Crippen LogP contribution in [-0.2, 0) is 56.9 Å². The second-order valence-corrected chi connectivity index (χ2v) is 14.8. The lowest BCUT2D eigenvalue weighted by atomic mass is 10.0. The maximum absolute atomic E-state index is 11.9. The van der Waals surface area contributed by atoms with Crippen LogP contribution in [-0.4, -0.2) is 145 Å². The molecule has 0 saturated carbocycles. The molecule has 0 fully saturated rings. The zero-order valence-corrected chi connectivity index (χ0v) is 37.8. The molecule has 348 valence electrons. The first-order valence-electron chi connectivity index (χ1n) is 23.7. The highest BCUT2D eigenvalue weighted by Gasteiger charge is 2.03. The summed E-state index contributed by atoms with van der Waals surface area (Å²) in [6.45, 7) is 15.5. The second kappa shape index (κ2) is 54.1. The van der Waals surface area contributed by atoms with Gasteiger partial charge in [-0.15, -0.1) is 0 Å². The predicted octanol–water partition coefficient (Wildman–Crippen LogP) is 9.32. The number of esters is 1. The molecular formula is C46H92O12. The molecule has 12 heteroatoms. The van der Waals surface area contributed by atoms with Crippen molar-refractivity contribution in [1.29, 1.82) is 0 Å². The van der Waals surface area contributed by atoms with Crippen LogP contribution in [0.4, 0.5) is 0 Å². The molecule has 0 aliphatic heterocycles. The molecule has 0 aliphatic rings. The fraction of sp³-hybridized carbons (Fsp3) is 0.978. The average Bonchev–Trinajstić information content (AvgIpc) is 3.23. The van der Waals surface area contributed by atoms with Crippen LogP contribution in [0.5, 0.6) is 0 Å². The number of hydrogen-bond donors (Lipinski definition) is 0. The third kappa shape index (κ3) is 53.1. The molecule has 0 N–H and O–H groups in total. The van der Waals surface area contributed by atoms with E-state index in [1.165, 1.54) is 116 Å². The molecule has 58 heavy (non-hydrogen) atoms. The van der Waals surface area contributed by atoms with E-state index in [4.69, 9.17) is 52.1 Å². The highest BCUT2D eigenvalue weighted by atomic mass is 16.6. The number of ether oxygens (including phenoxy) is 11. The summed E-state index contributed by atoms with van der Waals surface area (Å²) in [6, 6.07) is 0. The molecule has 0 aliphatic carbocycles. The minimum absolute atomic E-state index is 0.129. The predicted molar refractivity (Wildman–Crippen MR) is 232 cm³/mol. The molecular weight excluding hydrogens is 744 g/mol. The number of carbonyl (C=O) groups excluding carboxylic acids is 1. The van der Waals surface area contributed by atoms with Gasteiger partial charge in [-0.25, -0.2) is 0 Å². The van der Waals surface area contributed by atoms with Gasteiger partial charge in [0.05, 0.1) is 126 Å². The number of rotatable bonds is 53. The summed E-state index contributed by atoms with van der Waals surface area (Å²) in [7, 11) is 0. The van der Waals surface area contributed by atoms with Crippen molar-refractivity contribution in [2.45, 2.75) is 155 Å². The van der Waals surface area contributed by atoms with E-state index in [0.717, 1.165) is 25.9 Å². The fourth-order valence-electron chi connectivity index (χ4n) is 5.99.